The van der Waals surface area contributed by atoms with E-state index in [4.69, 9.17) is 11.6 Å². The Bertz CT molecular complexity index is 903. The van der Waals surface area contributed by atoms with Crippen LogP contribution in [0.15, 0.2) is 48.5 Å². The Hall–Kier alpha value is -2.60. The Morgan fingerprint density at radius 2 is 1.80 bits per heavy atom. The van der Waals surface area contributed by atoms with E-state index in [0.717, 1.165) is 17.7 Å². The molecule has 0 atom stereocenters. The van der Waals surface area contributed by atoms with Crippen molar-refractivity contribution >= 4 is 34.6 Å². The summed E-state index contributed by atoms with van der Waals surface area (Å²) < 4.78 is 38.3. The van der Waals surface area contributed by atoms with E-state index in [0.29, 0.717) is 18.1 Å². The number of ketones is 1. The van der Waals surface area contributed by atoms with E-state index in [-0.39, 0.29) is 16.3 Å². The molecule has 128 valence electrons. The normalized spacial score (nSPS) is 13.2. The Balaban J connectivity index is 1.83. The third kappa shape index (κ3) is 3.44. The third-order valence-corrected chi connectivity index (χ3v) is 4.16. The van der Waals surface area contributed by atoms with E-state index >= 15 is 0 Å². The second-order valence-corrected chi connectivity index (χ2v) is 5.86. The number of benzene rings is 2. The first-order valence-corrected chi connectivity index (χ1v) is 7.66. The first kappa shape index (κ1) is 17.2. The van der Waals surface area contributed by atoms with Gasteiger partial charge in [-0.25, -0.2) is 0 Å². The number of amides is 1. The van der Waals surface area contributed by atoms with Gasteiger partial charge in [0.25, 0.3) is 11.7 Å². The maximum Gasteiger partial charge on any atom is 0.416 e. The molecule has 3 nitrogen and oxygen atoms in total. The molecule has 1 aliphatic carbocycles. The average molecular weight is 366 g/mol. The van der Waals surface area contributed by atoms with Crippen LogP contribution in [0.2, 0.25) is 5.02 Å². The fraction of sp³-hybridized carbons (Fsp3) is 0.111. The second-order valence-electron chi connectivity index (χ2n) is 5.45. The number of allylic oxidation sites excluding steroid dienone is 1. The third-order valence-electron chi connectivity index (χ3n) is 3.83. The molecule has 0 aromatic heterocycles. The molecular weight excluding hydrogens is 355 g/mol. The van der Waals surface area contributed by atoms with Gasteiger partial charge in [-0.05, 0) is 35.7 Å². The number of anilines is 1. The van der Waals surface area contributed by atoms with Gasteiger partial charge < -0.3 is 5.32 Å². The SMILES string of the molecule is O=C(Nc1cc(C(F)(F)F)ccc1Cl)C(=O)C1=CCc2ccccc21. The Morgan fingerprint density at radius 1 is 1.08 bits per heavy atom. The molecule has 0 saturated carbocycles. The van der Waals surface area contributed by atoms with E-state index in [1.807, 2.05) is 12.1 Å². The zero-order valence-electron chi connectivity index (χ0n) is 12.7. The van der Waals surface area contributed by atoms with Gasteiger partial charge in [0, 0.05) is 5.57 Å². The summed E-state index contributed by atoms with van der Waals surface area (Å²) >= 11 is 5.83. The molecule has 2 aromatic carbocycles. The summed E-state index contributed by atoms with van der Waals surface area (Å²) in [6.07, 6.45) is -2.43. The largest absolute Gasteiger partial charge is 0.416 e. The van der Waals surface area contributed by atoms with Gasteiger partial charge in [0.05, 0.1) is 16.3 Å². The van der Waals surface area contributed by atoms with Crippen molar-refractivity contribution in [1.82, 2.24) is 0 Å². The molecule has 0 bridgehead atoms. The molecule has 1 amide bonds. The molecule has 0 spiro atoms. The first-order chi connectivity index (χ1) is 11.8. The molecule has 0 aliphatic heterocycles. The van der Waals surface area contributed by atoms with Gasteiger partial charge in [0.1, 0.15) is 0 Å². The first-order valence-electron chi connectivity index (χ1n) is 7.28. The molecule has 0 unspecified atom stereocenters. The van der Waals surface area contributed by atoms with E-state index in [1.54, 1.807) is 18.2 Å². The zero-order valence-corrected chi connectivity index (χ0v) is 13.4. The number of hydrogen-bond acceptors (Lipinski definition) is 2. The summed E-state index contributed by atoms with van der Waals surface area (Å²) in [5.74, 6) is -1.86. The lowest BCUT2D eigenvalue weighted by molar-refractivity contribution is -0.137. The van der Waals surface area contributed by atoms with E-state index in [1.165, 1.54) is 0 Å². The maximum absolute atomic E-state index is 12.8. The van der Waals surface area contributed by atoms with Crippen LogP contribution in [0, 0.1) is 0 Å². The number of halogens is 4. The van der Waals surface area contributed by atoms with Crippen LogP contribution in [-0.4, -0.2) is 11.7 Å². The number of nitrogens with one attached hydrogen (secondary N) is 1. The lowest BCUT2D eigenvalue weighted by atomic mass is 10.0. The monoisotopic (exact) mass is 365 g/mol. The average Bonchev–Trinajstić information content (AvgIpc) is 2.99. The molecule has 1 N–H and O–H groups in total. The number of fused-ring (bicyclic) bond motifs is 1. The van der Waals surface area contributed by atoms with Crippen molar-refractivity contribution in [3.05, 3.63) is 70.3 Å². The van der Waals surface area contributed by atoms with Crippen LogP contribution in [0.25, 0.3) is 5.57 Å². The molecule has 7 heteroatoms. The molecule has 0 radical (unpaired) electrons. The molecule has 25 heavy (non-hydrogen) atoms. The number of hydrogen-bond donors (Lipinski definition) is 1. The highest BCUT2D eigenvalue weighted by molar-refractivity contribution is 6.56. The van der Waals surface area contributed by atoms with Crippen LogP contribution in [0.4, 0.5) is 18.9 Å². The lowest BCUT2D eigenvalue weighted by Gasteiger charge is -2.11. The molecule has 1 aliphatic rings. The van der Waals surface area contributed by atoms with Crippen LogP contribution in [0.3, 0.4) is 0 Å². The summed E-state index contributed by atoms with van der Waals surface area (Å²) in [5, 5.41) is 2.08. The van der Waals surface area contributed by atoms with E-state index in [9.17, 15) is 22.8 Å². The molecule has 0 saturated heterocycles. The smallest absolute Gasteiger partial charge is 0.318 e. The minimum absolute atomic E-state index is 0.0880. The van der Waals surface area contributed by atoms with Gasteiger partial charge in [-0.15, -0.1) is 0 Å². The van der Waals surface area contributed by atoms with Crippen molar-refractivity contribution in [3.8, 4) is 0 Å². The summed E-state index contributed by atoms with van der Waals surface area (Å²) in [5.41, 5.74) is 0.566. The second kappa shape index (κ2) is 6.37. The van der Waals surface area contributed by atoms with Gasteiger partial charge in [-0.1, -0.05) is 41.9 Å². The standard InChI is InChI=1S/C18H11ClF3NO2/c19-14-8-6-11(18(20,21)22)9-15(14)23-17(25)16(24)13-7-5-10-3-1-2-4-12(10)13/h1-4,6-9H,5H2,(H,23,25). The van der Waals surface area contributed by atoms with Gasteiger partial charge in [0.15, 0.2) is 0 Å². The fourth-order valence-corrected chi connectivity index (χ4v) is 2.76. The number of alkyl halides is 3. The van der Waals surface area contributed by atoms with Crippen molar-refractivity contribution in [2.24, 2.45) is 0 Å². The predicted molar refractivity (Wildman–Crippen MR) is 88.2 cm³/mol. The van der Waals surface area contributed by atoms with Crippen molar-refractivity contribution in [2.75, 3.05) is 5.32 Å². The zero-order chi connectivity index (χ0) is 18.2. The summed E-state index contributed by atoms with van der Waals surface area (Å²) in [6, 6.07) is 9.65. The van der Waals surface area contributed by atoms with E-state index in [2.05, 4.69) is 5.32 Å². The van der Waals surface area contributed by atoms with Gasteiger partial charge in [-0.2, -0.15) is 13.2 Å². The van der Waals surface area contributed by atoms with Gasteiger partial charge in [-0.3, -0.25) is 9.59 Å². The molecule has 2 aromatic rings. The van der Waals surface area contributed by atoms with Crippen molar-refractivity contribution in [3.63, 3.8) is 0 Å². The van der Waals surface area contributed by atoms with Crippen molar-refractivity contribution in [2.45, 2.75) is 12.6 Å². The van der Waals surface area contributed by atoms with Crippen LogP contribution in [0.5, 0.6) is 0 Å². The minimum atomic E-state index is -4.58. The number of carbonyl (C=O) groups excluding carboxylic acids is 2. The van der Waals surface area contributed by atoms with Crippen molar-refractivity contribution in [1.29, 1.82) is 0 Å². The molecule has 0 fully saturated rings. The van der Waals surface area contributed by atoms with Crippen LogP contribution in [-0.2, 0) is 22.2 Å². The quantitative estimate of drug-likeness (QED) is 0.814. The summed E-state index contributed by atoms with van der Waals surface area (Å²) in [7, 11) is 0. The van der Waals surface area contributed by atoms with Gasteiger partial charge in [0.2, 0.25) is 0 Å². The lowest BCUT2D eigenvalue weighted by Crippen LogP contribution is -2.24. The fourth-order valence-electron chi connectivity index (χ4n) is 2.60. The Labute approximate surface area is 146 Å². The van der Waals surface area contributed by atoms with Crippen LogP contribution in [0.1, 0.15) is 16.7 Å². The van der Waals surface area contributed by atoms with Crippen LogP contribution >= 0.6 is 11.6 Å². The highest BCUT2D eigenvalue weighted by atomic mass is 35.5. The van der Waals surface area contributed by atoms with Crippen molar-refractivity contribution < 1.29 is 22.8 Å². The van der Waals surface area contributed by atoms with Gasteiger partial charge >= 0.3 is 6.18 Å². The van der Waals surface area contributed by atoms with E-state index < -0.39 is 23.4 Å². The van der Waals surface area contributed by atoms with Crippen LogP contribution < -0.4 is 5.32 Å². The minimum Gasteiger partial charge on any atom is -0.318 e. The highest BCUT2D eigenvalue weighted by Gasteiger charge is 2.32. The molecule has 3 rings (SSSR count). The topological polar surface area (TPSA) is 46.2 Å². The number of carbonyl (C=O) groups is 2. The summed E-state index contributed by atoms with van der Waals surface area (Å²) in [6.45, 7) is 0. The maximum atomic E-state index is 12.8. The Kier molecular flexibility index (Phi) is 4.39. The number of rotatable bonds is 3. The number of Topliss-reactive ketones (excluding diaryl/α,β-unsaturated/α-hetero) is 1. The predicted octanol–water partition coefficient (Wildman–Crippen LogP) is 4.51. The highest BCUT2D eigenvalue weighted by Crippen LogP contribution is 2.34. The molecular formula is C18H11ClF3NO2. The summed E-state index contributed by atoms with van der Waals surface area (Å²) in [4.78, 5) is 24.5. The Morgan fingerprint density at radius 3 is 2.52 bits per heavy atom. The molecule has 0 heterocycles.